The van der Waals surface area contributed by atoms with Crippen molar-refractivity contribution in [2.75, 3.05) is 19.0 Å². The van der Waals surface area contributed by atoms with Gasteiger partial charge in [0.1, 0.15) is 23.7 Å². The largest absolute Gasteiger partial charge is 0.444 e. The van der Waals surface area contributed by atoms with Crippen molar-refractivity contribution in [1.29, 1.82) is 0 Å². The number of hydrogen-bond donors (Lipinski definition) is 3. The van der Waals surface area contributed by atoms with E-state index in [0.29, 0.717) is 12.2 Å². The van der Waals surface area contributed by atoms with Crippen LogP contribution in [0, 0.1) is 0 Å². The molecule has 1 atom stereocenters. The Morgan fingerprint density at radius 2 is 1.77 bits per heavy atom. The summed E-state index contributed by atoms with van der Waals surface area (Å²) >= 11 is 0. The molecule has 0 fully saturated rings. The predicted octanol–water partition coefficient (Wildman–Crippen LogP) is 3.45. The van der Waals surface area contributed by atoms with Gasteiger partial charge in [-0.2, -0.15) is 5.10 Å². The molecule has 2 aromatic carbocycles. The zero-order valence-corrected chi connectivity index (χ0v) is 25.1. The molecule has 0 saturated carbocycles. The smallest absolute Gasteiger partial charge is 0.428 e. The lowest BCUT2D eigenvalue weighted by molar-refractivity contribution is -0.132. The molecule has 44 heavy (non-hydrogen) atoms. The van der Waals surface area contributed by atoms with Crippen LogP contribution in [0.5, 0.6) is 0 Å². The highest BCUT2D eigenvalue weighted by Gasteiger charge is 2.47. The standard InChI is InChI=1S/C31H36N6O7/c1-30(2,3)44-29(41)36-34-17-22-12-10-21(11-13-22)16-33-27(39)31(20-42-4)15-14-25-32-18-24(26(38)37(25)31)35-28(40)43-19-23-8-6-5-7-9-23/h5-13,17-18H,14-16,19-20H2,1-4H3,(H,33,39)(H,35,40)(H,36,41). The van der Waals surface area contributed by atoms with E-state index in [0.717, 1.165) is 16.7 Å². The number of methoxy groups -OCH3 is 1. The number of nitrogens with one attached hydrogen (secondary N) is 3. The molecule has 4 rings (SSSR count). The summed E-state index contributed by atoms with van der Waals surface area (Å²) in [6, 6.07) is 16.3. The highest BCUT2D eigenvalue weighted by Crippen LogP contribution is 2.31. The SMILES string of the molecule is COCC1(C(=O)NCc2ccc(C=NNC(=O)OC(C)(C)C)cc2)CCc2ncc(NC(=O)OCc3ccccc3)c(=O)n21. The average Bonchev–Trinajstić information content (AvgIpc) is 3.37. The van der Waals surface area contributed by atoms with Gasteiger partial charge in [-0.15, -0.1) is 0 Å². The number of aryl methyl sites for hydroxylation is 1. The molecule has 13 heteroatoms. The van der Waals surface area contributed by atoms with Crippen molar-refractivity contribution < 1.29 is 28.6 Å². The molecule has 0 radical (unpaired) electrons. The molecule has 1 aliphatic heterocycles. The monoisotopic (exact) mass is 604 g/mol. The summed E-state index contributed by atoms with van der Waals surface area (Å²) in [6.07, 6.45) is 1.92. The van der Waals surface area contributed by atoms with Gasteiger partial charge >= 0.3 is 12.2 Å². The van der Waals surface area contributed by atoms with Gasteiger partial charge in [-0.1, -0.05) is 54.6 Å². The van der Waals surface area contributed by atoms with Crippen molar-refractivity contribution in [1.82, 2.24) is 20.3 Å². The van der Waals surface area contributed by atoms with Crippen molar-refractivity contribution in [3.8, 4) is 0 Å². The predicted molar refractivity (Wildman–Crippen MR) is 162 cm³/mol. The van der Waals surface area contributed by atoms with Crippen LogP contribution in [0.25, 0.3) is 0 Å². The Morgan fingerprint density at radius 3 is 2.45 bits per heavy atom. The van der Waals surface area contributed by atoms with Crippen LogP contribution >= 0.6 is 0 Å². The first kappa shape index (κ1) is 31.9. The number of rotatable bonds is 10. The molecular weight excluding hydrogens is 568 g/mol. The molecule has 0 aliphatic carbocycles. The lowest BCUT2D eigenvalue weighted by Crippen LogP contribution is -2.53. The molecule has 1 aromatic heterocycles. The summed E-state index contributed by atoms with van der Waals surface area (Å²) < 4.78 is 17.1. The molecular formula is C31H36N6O7. The lowest BCUT2D eigenvalue weighted by Gasteiger charge is -2.29. The van der Waals surface area contributed by atoms with Crippen molar-refractivity contribution in [2.24, 2.45) is 5.10 Å². The third-order valence-electron chi connectivity index (χ3n) is 6.68. The van der Waals surface area contributed by atoms with E-state index in [-0.39, 0.29) is 31.9 Å². The van der Waals surface area contributed by atoms with E-state index in [1.54, 1.807) is 45.0 Å². The quantitative estimate of drug-likeness (QED) is 0.234. The summed E-state index contributed by atoms with van der Waals surface area (Å²) in [7, 11) is 1.45. The molecule has 3 aromatic rings. The van der Waals surface area contributed by atoms with E-state index in [4.69, 9.17) is 14.2 Å². The maximum Gasteiger partial charge on any atom is 0.428 e. The Labute approximate surface area is 254 Å². The average molecular weight is 605 g/mol. The second-order valence-electron chi connectivity index (χ2n) is 11.2. The number of anilines is 1. The first-order chi connectivity index (χ1) is 21.0. The fourth-order valence-electron chi connectivity index (χ4n) is 4.68. The first-order valence-electron chi connectivity index (χ1n) is 14.0. The van der Waals surface area contributed by atoms with Crippen LogP contribution in [0.15, 0.2) is 70.7 Å². The minimum absolute atomic E-state index is 0.0269. The number of ether oxygens (including phenoxy) is 3. The van der Waals surface area contributed by atoms with E-state index in [1.165, 1.54) is 24.1 Å². The number of fused-ring (bicyclic) bond motifs is 1. The Balaban J connectivity index is 1.41. The number of hydrogen-bond acceptors (Lipinski definition) is 9. The van der Waals surface area contributed by atoms with Gasteiger partial charge < -0.3 is 19.5 Å². The van der Waals surface area contributed by atoms with E-state index in [1.807, 2.05) is 30.3 Å². The number of hydrazone groups is 1. The fraction of sp³-hybridized carbons (Fsp3) is 0.355. The fourth-order valence-corrected chi connectivity index (χ4v) is 4.68. The number of aromatic nitrogens is 2. The number of carbonyl (C=O) groups is 3. The van der Waals surface area contributed by atoms with Crippen LogP contribution in [0.1, 0.15) is 49.7 Å². The number of amides is 3. The van der Waals surface area contributed by atoms with Gasteiger partial charge in [-0.05, 0) is 43.9 Å². The van der Waals surface area contributed by atoms with Crippen molar-refractivity contribution in [3.05, 3.63) is 93.7 Å². The van der Waals surface area contributed by atoms with Crippen LogP contribution in [0.3, 0.4) is 0 Å². The van der Waals surface area contributed by atoms with E-state index >= 15 is 0 Å². The van der Waals surface area contributed by atoms with Crippen LogP contribution < -0.4 is 21.6 Å². The second kappa shape index (κ2) is 14.0. The highest BCUT2D eigenvalue weighted by molar-refractivity contribution is 5.86. The summed E-state index contributed by atoms with van der Waals surface area (Å²) in [5, 5.41) is 9.24. The molecule has 0 spiro atoms. The minimum atomic E-state index is -1.36. The summed E-state index contributed by atoms with van der Waals surface area (Å²) in [4.78, 5) is 55.7. The van der Waals surface area contributed by atoms with Crippen LogP contribution in [0.2, 0.25) is 0 Å². The third-order valence-corrected chi connectivity index (χ3v) is 6.68. The third kappa shape index (κ3) is 8.07. The maximum absolute atomic E-state index is 13.6. The number of carbonyl (C=O) groups excluding carboxylic acids is 3. The minimum Gasteiger partial charge on any atom is -0.444 e. The van der Waals surface area contributed by atoms with E-state index < -0.39 is 34.8 Å². The molecule has 1 aliphatic rings. The van der Waals surface area contributed by atoms with Gasteiger partial charge in [0, 0.05) is 20.1 Å². The maximum atomic E-state index is 13.6. The second-order valence-corrected chi connectivity index (χ2v) is 11.2. The molecule has 1 unspecified atom stereocenters. The molecule has 0 bridgehead atoms. The molecule has 232 valence electrons. The Hall–Kier alpha value is -5.04. The summed E-state index contributed by atoms with van der Waals surface area (Å²) in [5.74, 6) is -0.00737. The number of benzene rings is 2. The Bertz CT molecular complexity index is 1560. The van der Waals surface area contributed by atoms with Gasteiger partial charge in [0.25, 0.3) is 5.56 Å². The van der Waals surface area contributed by atoms with E-state index in [9.17, 15) is 19.2 Å². The van der Waals surface area contributed by atoms with Crippen molar-refractivity contribution in [3.63, 3.8) is 0 Å². The first-order valence-corrected chi connectivity index (χ1v) is 14.0. The molecule has 2 heterocycles. The summed E-state index contributed by atoms with van der Waals surface area (Å²) in [6.45, 7) is 5.40. The normalized spacial score (nSPS) is 15.8. The number of nitrogens with zero attached hydrogens (tertiary/aromatic N) is 3. The molecule has 3 amide bonds. The van der Waals surface area contributed by atoms with Gasteiger partial charge in [-0.25, -0.2) is 20.0 Å². The zero-order chi connectivity index (χ0) is 31.7. The Morgan fingerprint density at radius 1 is 1.05 bits per heavy atom. The highest BCUT2D eigenvalue weighted by atomic mass is 16.6. The van der Waals surface area contributed by atoms with Gasteiger partial charge in [-0.3, -0.25) is 19.5 Å². The molecule has 13 nitrogen and oxygen atoms in total. The summed E-state index contributed by atoms with van der Waals surface area (Å²) in [5.41, 5.74) is 1.93. The molecule has 0 saturated heterocycles. The zero-order valence-electron chi connectivity index (χ0n) is 25.1. The van der Waals surface area contributed by atoms with Crippen LogP contribution in [0.4, 0.5) is 15.3 Å². The van der Waals surface area contributed by atoms with E-state index in [2.05, 4.69) is 26.1 Å². The van der Waals surface area contributed by atoms with Crippen LogP contribution in [-0.4, -0.2) is 53.2 Å². The van der Waals surface area contributed by atoms with Crippen molar-refractivity contribution in [2.45, 2.75) is 57.9 Å². The van der Waals surface area contributed by atoms with Gasteiger partial charge in [0.15, 0.2) is 5.54 Å². The molecule has 3 N–H and O–H groups in total. The van der Waals surface area contributed by atoms with Gasteiger partial charge in [0.2, 0.25) is 5.91 Å². The Kier molecular flexibility index (Phi) is 10.1. The van der Waals surface area contributed by atoms with Crippen molar-refractivity contribution >= 4 is 30.0 Å². The van der Waals surface area contributed by atoms with Crippen LogP contribution in [-0.2, 0) is 44.1 Å². The topological polar surface area (TPSA) is 162 Å². The lowest BCUT2D eigenvalue weighted by atomic mass is 9.96. The van der Waals surface area contributed by atoms with Gasteiger partial charge in [0.05, 0.1) is 19.0 Å².